The van der Waals surface area contributed by atoms with Crippen molar-refractivity contribution >= 4 is 17.5 Å². The van der Waals surface area contributed by atoms with Crippen molar-refractivity contribution in [3.05, 3.63) is 47.2 Å². The second-order valence-electron chi connectivity index (χ2n) is 3.56. The van der Waals surface area contributed by atoms with Crippen molar-refractivity contribution in [1.82, 2.24) is 0 Å². The molecule has 2 N–H and O–H groups in total. The summed E-state index contributed by atoms with van der Waals surface area (Å²) in [6.45, 7) is 0. The zero-order valence-corrected chi connectivity index (χ0v) is 7.70. The first kappa shape index (κ1) is 7.56. The van der Waals surface area contributed by atoms with Gasteiger partial charge in [-0.05, 0) is 12.1 Å². The maximum Gasteiger partial charge on any atom is 0.0705 e. The lowest BCUT2D eigenvalue weighted by Gasteiger charge is -2.01. The topological polar surface area (TPSA) is 38.4 Å². The van der Waals surface area contributed by atoms with E-state index in [0.29, 0.717) is 0 Å². The van der Waals surface area contributed by atoms with Crippen LogP contribution in [0.2, 0.25) is 0 Å². The quantitative estimate of drug-likeness (QED) is 0.657. The molecule has 14 heavy (non-hydrogen) atoms. The van der Waals surface area contributed by atoms with Crippen LogP contribution in [0.25, 0.3) is 6.08 Å². The number of benzene rings is 1. The van der Waals surface area contributed by atoms with Crippen molar-refractivity contribution < 1.29 is 0 Å². The molecule has 1 aliphatic heterocycles. The number of hydrogen-bond donors (Lipinski definition) is 1. The van der Waals surface area contributed by atoms with Crippen LogP contribution in [0.3, 0.4) is 0 Å². The first-order chi connectivity index (χ1) is 6.84. The molecule has 3 rings (SSSR count). The number of nitrogens with two attached hydrogens (primary N) is 1. The van der Waals surface area contributed by atoms with Crippen molar-refractivity contribution in [3.8, 4) is 0 Å². The number of rotatable bonds is 0. The molecule has 0 aromatic heterocycles. The van der Waals surface area contributed by atoms with Crippen LogP contribution in [0.1, 0.15) is 12.0 Å². The molecule has 0 radical (unpaired) electrons. The van der Waals surface area contributed by atoms with Gasteiger partial charge in [0.05, 0.1) is 11.4 Å². The summed E-state index contributed by atoms with van der Waals surface area (Å²) in [5.41, 5.74) is 11.2. The summed E-state index contributed by atoms with van der Waals surface area (Å²) in [4.78, 5) is 4.55. The van der Waals surface area contributed by atoms with Crippen LogP contribution >= 0.6 is 0 Å². The molecule has 2 aliphatic rings. The summed E-state index contributed by atoms with van der Waals surface area (Å²) < 4.78 is 0. The maximum atomic E-state index is 5.86. The Balaban J connectivity index is 2.22. The van der Waals surface area contributed by atoms with E-state index in [1.54, 1.807) is 0 Å². The Morgan fingerprint density at radius 1 is 1.14 bits per heavy atom. The summed E-state index contributed by atoms with van der Waals surface area (Å²) in [6, 6.07) is 8.10. The van der Waals surface area contributed by atoms with E-state index in [1.807, 2.05) is 30.4 Å². The first-order valence-electron chi connectivity index (χ1n) is 4.68. The summed E-state index contributed by atoms with van der Waals surface area (Å²) >= 11 is 0. The van der Waals surface area contributed by atoms with Gasteiger partial charge >= 0.3 is 0 Å². The Bertz CT molecular complexity index is 493. The van der Waals surface area contributed by atoms with Gasteiger partial charge < -0.3 is 5.73 Å². The Hall–Kier alpha value is -1.83. The van der Waals surface area contributed by atoms with E-state index in [1.165, 1.54) is 5.57 Å². The normalized spacial score (nSPS) is 17.9. The van der Waals surface area contributed by atoms with E-state index in [-0.39, 0.29) is 0 Å². The van der Waals surface area contributed by atoms with Crippen LogP contribution in [0, 0.1) is 0 Å². The second kappa shape index (κ2) is 2.58. The number of allylic oxidation sites excluding steroid dienone is 2. The summed E-state index contributed by atoms with van der Waals surface area (Å²) in [6.07, 6.45) is 4.94. The Kier molecular flexibility index (Phi) is 1.39. The minimum Gasteiger partial charge on any atom is -0.398 e. The predicted molar refractivity (Wildman–Crippen MR) is 58.4 cm³/mol. The van der Waals surface area contributed by atoms with E-state index >= 15 is 0 Å². The first-order valence-corrected chi connectivity index (χ1v) is 4.68. The van der Waals surface area contributed by atoms with Crippen LogP contribution in [0.15, 0.2) is 46.6 Å². The number of aliphatic imine (C=N–C) groups is 1. The van der Waals surface area contributed by atoms with Crippen molar-refractivity contribution in [2.45, 2.75) is 6.42 Å². The highest BCUT2D eigenvalue weighted by molar-refractivity contribution is 6.20. The van der Waals surface area contributed by atoms with Crippen LogP contribution in [0.5, 0.6) is 0 Å². The van der Waals surface area contributed by atoms with Crippen LogP contribution < -0.4 is 5.73 Å². The van der Waals surface area contributed by atoms with Gasteiger partial charge in [-0.1, -0.05) is 24.3 Å². The van der Waals surface area contributed by atoms with Crippen molar-refractivity contribution in [2.75, 3.05) is 0 Å². The van der Waals surface area contributed by atoms with Gasteiger partial charge in [0.2, 0.25) is 0 Å². The van der Waals surface area contributed by atoms with Crippen LogP contribution in [-0.4, -0.2) is 5.71 Å². The molecule has 1 aliphatic carbocycles. The lowest BCUT2D eigenvalue weighted by Crippen LogP contribution is -1.94. The molecule has 1 aromatic rings. The molecule has 0 spiro atoms. The minimum atomic E-state index is 0.859. The third-order valence-corrected chi connectivity index (χ3v) is 2.55. The fourth-order valence-electron chi connectivity index (χ4n) is 1.65. The molecule has 0 saturated heterocycles. The van der Waals surface area contributed by atoms with Gasteiger partial charge in [-0.15, -0.1) is 0 Å². The highest BCUT2D eigenvalue weighted by atomic mass is 14.8. The standard InChI is InChI=1S/C12H10N2/c13-10-6-5-8-3-1-2-4-11(8)14-12-7-9(10)12/h1-6H,7,13H2. The Labute approximate surface area is 82.5 Å². The van der Waals surface area contributed by atoms with Gasteiger partial charge in [-0.2, -0.15) is 0 Å². The summed E-state index contributed by atoms with van der Waals surface area (Å²) in [5, 5.41) is 0. The Morgan fingerprint density at radius 2 is 2.00 bits per heavy atom. The average Bonchev–Trinajstić information content (AvgIpc) is 2.93. The molecule has 1 heterocycles. The molecule has 0 bridgehead atoms. The molecular weight excluding hydrogens is 172 g/mol. The van der Waals surface area contributed by atoms with E-state index in [4.69, 9.17) is 5.73 Å². The number of hydrogen-bond acceptors (Lipinski definition) is 2. The molecule has 68 valence electrons. The average molecular weight is 182 g/mol. The fraction of sp³-hybridized carbons (Fsp3) is 0.0833. The van der Waals surface area contributed by atoms with Crippen LogP contribution in [0.4, 0.5) is 5.69 Å². The Morgan fingerprint density at radius 3 is 2.93 bits per heavy atom. The number of para-hydroxylation sites is 1. The molecule has 2 nitrogen and oxygen atoms in total. The fourth-order valence-corrected chi connectivity index (χ4v) is 1.65. The van der Waals surface area contributed by atoms with E-state index in [2.05, 4.69) is 11.1 Å². The summed E-state index contributed by atoms with van der Waals surface area (Å²) in [7, 11) is 0. The molecule has 1 fully saturated rings. The third-order valence-electron chi connectivity index (χ3n) is 2.55. The lowest BCUT2D eigenvalue weighted by molar-refractivity contribution is 1.40. The lowest BCUT2D eigenvalue weighted by atomic mass is 10.1. The zero-order chi connectivity index (χ0) is 9.54. The summed E-state index contributed by atoms with van der Waals surface area (Å²) in [5.74, 6) is 0. The van der Waals surface area contributed by atoms with Gasteiger partial charge in [0.25, 0.3) is 0 Å². The van der Waals surface area contributed by atoms with Crippen LogP contribution in [-0.2, 0) is 0 Å². The molecule has 0 atom stereocenters. The number of nitrogens with zero attached hydrogens (tertiary/aromatic N) is 1. The van der Waals surface area contributed by atoms with Gasteiger partial charge in [-0.25, -0.2) is 0 Å². The predicted octanol–water partition coefficient (Wildman–Crippen LogP) is 2.40. The van der Waals surface area contributed by atoms with Gasteiger partial charge in [-0.3, -0.25) is 4.99 Å². The monoisotopic (exact) mass is 182 g/mol. The van der Waals surface area contributed by atoms with Crippen molar-refractivity contribution in [2.24, 2.45) is 10.7 Å². The SMILES string of the molecule is NC1=C2CC2=Nc2ccccc2C=C1. The van der Waals surface area contributed by atoms with Gasteiger partial charge in [0.1, 0.15) is 0 Å². The molecule has 1 saturated carbocycles. The molecular formula is C12H10N2. The highest BCUT2D eigenvalue weighted by Gasteiger charge is 2.26. The van der Waals surface area contributed by atoms with Crippen molar-refractivity contribution in [3.63, 3.8) is 0 Å². The zero-order valence-electron chi connectivity index (χ0n) is 7.70. The second-order valence-corrected chi connectivity index (χ2v) is 3.56. The molecule has 2 heteroatoms. The molecule has 0 amide bonds. The van der Waals surface area contributed by atoms with E-state index in [9.17, 15) is 0 Å². The minimum absolute atomic E-state index is 0.859. The highest BCUT2D eigenvalue weighted by Crippen LogP contribution is 2.34. The third kappa shape index (κ3) is 1.08. The number of fused-ring (bicyclic) bond motifs is 2. The smallest absolute Gasteiger partial charge is 0.0705 e. The molecule has 0 unspecified atom stereocenters. The van der Waals surface area contributed by atoms with E-state index < -0.39 is 0 Å². The van der Waals surface area contributed by atoms with E-state index in [0.717, 1.165) is 29.1 Å². The van der Waals surface area contributed by atoms with Gasteiger partial charge in [0, 0.05) is 23.3 Å². The maximum absolute atomic E-state index is 5.86. The largest absolute Gasteiger partial charge is 0.398 e. The molecule has 1 aromatic carbocycles. The van der Waals surface area contributed by atoms with Gasteiger partial charge in [0.15, 0.2) is 0 Å². The van der Waals surface area contributed by atoms with Crippen molar-refractivity contribution in [1.29, 1.82) is 0 Å².